The van der Waals surface area contributed by atoms with Gasteiger partial charge in [0.05, 0.1) is 0 Å². The summed E-state index contributed by atoms with van der Waals surface area (Å²) in [5, 5.41) is 3.37. The van der Waals surface area contributed by atoms with Crippen molar-refractivity contribution in [3.8, 4) is 0 Å². The predicted molar refractivity (Wildman–Crippen MR) is 53.8 cm³/mol. The molecule has 1 aliphatic rings. The van der Waals surface area contributed by atoms with Crippen molar-refractivity contribution in [2.45, 2.75) is 26.2 Å². The van der Waals surface area contributed by atoms with E-state index < -0.39 is 0 Å². The van der Waals surface area contributed by atoms with E-state index in [9.17, 15) is 4.79 Å². The summed E-state index contributed by atoms with van der Waals surface area (Å²) in [5.41, 5.74) is 0. The van der Waals surface area contributed by atoms with Crippen molar-refractivity contribution in [1.29, 1.82) is 0 Å². The lowest BCUT2D eigenvalue weighted by atomic mass is 10.2. The van der Waals surface area contributed by atoms with Crippen LogP contribution in [0.5, 0.6) is 0 Å². The number of carbonyl (C=O) groups excluding carboxylic acids is 1. The van der Waals surface area contributed by atoms with Crippen molar-refractivity contribution < 1.29 is 4.79 Å². The molecule has 0 atom stereocenters. The van der Waals surface area contributed by atoms with Crippen LogP contribution in [0.3, 0.4) is 0 Å². The number of nitrogens with one attached hydrogen (secondary N) is 1. The number of Topliss-reactive ketones (excluding diaryl/α,β-unsaturated/α-hetero) is 1. The summed E-state index contributed by atoms with van der Waals surface area (Å²) < 4.78 is 0. The number of carbonyl (C=O) groups is 1. The minimum Gasteiger partial charge on any atom is -0.315 e. The largest absolute Gasteiger partial charge is 0.315 e. The molecular formula is C10H20N2O. The van der Waals surface area contributed by atoms with Crippen LogP contribution in [0.4, 0.5) is 0 Å². The third-order valence-corrected chi connectivity index (χ3v) is 2.44. The van der Waals surface area contributed by atoms with Crippen LogP contribution in [0.2, 0.25) is 0 Å². The highest BCUT2D eigenvalue weighted by molar-refractivity contribution is 5.75. The average molecular weight is 184 g/mol. The summed E-state index contributed by atoms with van der Waals surface area (Å²) in [6.45, 7) is 7.32. The van der Waals surface area contributed by atoms with Gasteiger partial charge in [-0.05, 0) is 39.4 Å². The first-order valence-electron chi connectivity index (χ1n) is 5.21. The molecule has 0 aliphatic carbocycles. The maximum absolute atomic E-state index is 10.7. The Morgan fingerprint density at radius 3 is 3.00 bits per heavy atom. The Bertz CT molecular complexity index is 151. The molecule has 1 aliphatic heterocycles. The maximum atomic E-state index is 10.7. The van der Waals surface area contributed by atoms with Crippen LogP contribution in [0.1, 0.15) is 26.2 Å². The van der Waals surface area contributed by atoms with E-state index in [1.165, 1.54) is 13.0 Å². The Balaban J connectivity index is 2.08. The van der Waals surface area contributed by atoms with Crippen molar-refractivity contribution in [2.75, 3.05) is 32.7 Å². The second kappa shape index (κ2) is 6.11. The number of hydrogen-bond donors (Lipinski definition) is 1. The lowest BCUT2D eigenvalue weighted by Crippen LogP contribution is -2.29. The summed E-state index contributed by atoms with van der Waals surface area (Å²) in [6.07, 6.45) is 3.00. The molecule has 0 spiro atoms. The molecule has 13 heavy (non-hydrogen) atoms. The molecule has 0 aromatic carbocycles. The van der Waals surface area contributed by atoms with E-state index in [0.29, 0.717) is 5.78 Å². The Hall–Kier alpha value is -0.410. The van der Waals surface area contributed by atoms with Gasteiger partial charge in [0, 0.05) is 19.5 Å². The van der Waals surface area contributed by atoms with E-state index in [1.807, 2.05) is 0 Å². The molecule has 1 N–H and O–H groups in total. The minimum atomic E-state index is 0.313. The highest BCUT2D eigenvalue weighted by Gasteiger charge is 2.07. The Labute approximate surface area is 80.5 Å². The first-order valence-corrected chi connectivity index (χ1v) is 5.21. The van der Waals surface area contributed by atoms with E-state index in [-0.39, 0.29) is 0 Å². The van der Waals surface area contributed by atoms with Gasteiger partial charge in [-0.2, -0.15) is 0 Å². The number of nitrogens with zero attached hydrogens (tertiary/aromatic N) is 1. The third-order valence-electron chi connectivity index (χ3n) is 2.44. The number of rotatable bonds is 4. The molecule has 1 fully saturated rings. The summed E-state index contributed by atoms with van der Waals surface area (Å²) in [4.78, 5) is 13.2. The maximum Gasteiger partial charge on any atom is 0.129 e. The quantitative estimate of drug-likeness (QED) is 0.696. The average Bonchev–Trinajstić information content (AvgIpc) is 2.32. The van der Waals surface area contributed by atoms with Crippen LogP contribution in [0.15, 0.2) is 0 Å². The van der Waals surface area contributed by atoms with Gasteiger partial charge in [-0.15, -0.1) is 0 Å². The van der Waals surface area contributed by atoms with E-state index >= 15 is 0 Å². The standard InChI is InChI=1S/C10H20N2O/c1-10(13)4-2-7-12-8-3-5-11-6-9-12/h11H,2-9H2,1H3. The van der Waals surface area contributed by atoms with E-state index in [1.54, 1.807) is 6.92 Å². The van der Waals surface area contributed by atoms with Crippen LogP contribution < -0.4 is 5.32 Å². The van der Waals surface area contributed by atoms with Crippen LogP contribution in [0, 0.1) is 0 Å². The fraction of sp³-hybridized carbons (Fsp3) is 0.900. The minimum absolute atomic E-state index is 0.313. The van der Waals surface area contributed by atoms with E-state index in [0.717, 1.165) is 39.0 Å². The fourth-order valence-electron chi connectivity index (χ4n) is 1.68. The molecule has 0 aromatic rings. The van der Waals surface area contributed by atoms with E-state index in [2.05, 4.69) is 10.2 Å². The molecule has 0 bridgehead atoms. The molecule has 0 aromatic heterocycles. The van der Waals surface area contributed by atoms with Gasteiger partial charge in [-0.1, -0.05) is 0 Å². The van der Waals surface area contributed by atoms with Crippen LogP contribution in [-0.2, 0) is 4.79 Å². The predicted octanol–water partition coefficient (Wildman–Crippen LogP) is 0.651. The van der Waals surface area contributed by atoms with Gasteiger partial charge in [0.2, 0.25) is 0 Å². The zero-order chi connectivity index (χ0) is 9.52. The molecule has 3 heteroatoms. The monoisotopic (exact) mass is 184 g/mol. The summed E-state index contributed by atoms with van der Waals surface area (Å²) in [6, 6.07) is 0. The highest BCUT2D eigenvalue weighted by atomic mass is 16.1. The zero-order valence-electron chi connectivity index (χ0n) is 8.51. The zero-order valence-corrected chi connectivity index (χ0v) is 8.51. The van der Waals surface area contributed by atoms with Gasteiger partial charge in [0.1, 0.15) is 5.78 Å². The van der Waals surface area contributed by atoms with Crippen LogP contribution in [-0.4, -0.2) is 43.4 Å². The number of hydrogen-bond acceptors (Lipinski definition) is 3. The van der Waals surface area contributed by atoms with Gasteiger partial charge in [0.25, 0.3) is 0 Å². The molecular weight excluding hydrogens is 164 g/mol. The summed E-state index contributed by atoms with van der Waals surface area (Å²) >= 11 is 0. The summed E-state index contributed by atoms with van der Waals surface area (Å²) in [7, 11) is 0. The molecule has 3 nitrogen and oxygen atoms in total. The number of ketones is 1. The summed E-state index contributed by atoms with van der Waals surface area (Å²) in [5.74, 6) is 0.313. The molecule has 0 saturated carbocycles. The second-order valence-corrected chi connectivity index (χ2v) is 3.75. The lowest BCUT2D eigenvalue weighted by Gasteiger charge is -2.18. The molecule has 1 saturated heterocycles. The molecule has 0 amide bonds. The Kier molecular flexibility index (Phi) is 5.01. The topological polar surface area (TPSA) is 32.3 Å². The molecule has 0 unspecified atom stereocenters. The second-order valence-electron chi connectivity index (χ2n) is 3.75. The van der Waals surface area contributed by atoms with Gasteiger partial charge in [0.15, 0.2) is 0 Å². The third kappa shape index (κ3) is 5.01. The van der Waals surface area contributed by atoms with E-state index in [4.69, 9.17) is 0 Å². The van der Waals surface area contributed by atoms with Crippen molar-refractivity contribution in [2.24, 2.45) is 0 Å². The van der Waals surface area contributed by atoms with Crippen molar-refractivity contribution >= 4 is 5.78 Å². The lowest BCUT2D eigenvalue weighted by molar-refractivity contribution is -0.117. The Morgan fingerprint density at radius 2 is 2.23 bits per heavy atom. The normalized spacial score (nSPS) is 19.8. The van der Waals surface area contributed by atoms with Crippen LogP contribution >= 0.6 is 0 Å². The van der Waals surface area contributed by atoms with Gasteiger partial charge >= 0.3 is 0 Å². The van der Waals surface area contributed by atoms with Crippen molar-refractivity contribution in [3.63, 3.8) is 0 Å². The van der Waals surface area contributed by atoms with Crippen molar-refractivity contribution in [1.82, 2.24) is 10.2 Å². The Morgan fingerprint density at radius 1 is 1.38 bits per heavy atom. The highest BCUT2D eigenvalue weighted by Crippen LogP contribution is 1.99. The molecule has 76 valence electrons. The molecule has 0 radical (unpaired) electrons. The van der Waals surface area contributed by atoms with Gasteiger partial charge < -0.3 is 15.0 Å². The first-order chi connectivity index (χ1) is 6.29. The first kappa shape index (κ1) is 10.7. The molecule has 1 heterocycles. The van der Waals surface area contributed by atoms with Gasteiger partial charge in [-0.25, -0.2) is 0 Å². The molecule has 1 rings (SSSR count). The smallest absolute Gasteiger partial charge is 0.129 e. The van der Waals surface area contributed by atoms with Gasteiger partial charge in [-0.3, -0.25) is 0 Å². The SMILES string of the molecule is CC(=O)CCCN1CCCNCC1. The van der Waals surface area contributed by atoms with Crippen LogP contribution in [0.25, 0.3) is 0 Å². The fourth-order valence-corrected chi connectivity index (χ4v) is 1.68. The van der Waals surface area contributed by atoms with Crippen molar-refractivity contribution in [3.05, 3.63) is 0 Å².